The molecule has 2 nitrogen and oxygen atoms in total. The van der Waals surface area contributed by atoms with E-state index in [9.17, 15) is 22.0 Å². The van der Waals surface area contributed by atoms with Crippen LogP contribution in [0.5, 0.6) is 11.5 Å². The molecule has 0 bridgehead atoms. The summed E-state index contributed by atoms with van der Waals surface area (Å²) in [5, 5.41) is -0.0329. The second-order valence-corrected chi connectivity index (χ2v) is 5.84. The summed E-state index contributed by atoms with van der Waals surface area (Å²) in [6, 6.07) is 9.18. The van der Waals surface area contributed by atoms with Crippen LogP contribution in [0.1, 0.15) is 6.92 Å². The maximum Gasteiger partial charge on any atom is 0.387 e. The first-order chi connectivity index (χ1) is 13.4. The topological polar surface area (TPSA) is 18.5 Å². The summed E-state index contributed by atoms with van der Waals surface area (Å²) in [5.41, 5.74) is 0.570. The van der Waals surface area contributed by atoms with Gasteiger partial charge in [0.05, 0.1) is 0 Å². The third kappa shape index (κ3) is 4.08. The van der Waals surface area contributed by atoms with Crippen molar-refractivity contribution in [3.63, 3.8) is 0 Å². The lowest BCUT2D eigenvalue weighted by Crippen LogP contribution is -2.06. The van der Waals surface area contributed by atoms with Gasteiger partial charge in [-0.15, -0.1) is 0 Å². The molecule has 0 unspecified atom stereocenters. The highest BCUT2D eigenvalue weighted by atomic mass is 19.3. The molecule has 0 atom stereocenters. The molecule has 3 aromatic carbocycles. The molecular weight excluding hydrogens is 379 g/mol. The van der Waals surface area contributed by atoms with Crippen LogP contribution in [0.15, 0.2) is 54.6 Å². The van der Waals surface area contributed by atoms with E-state index in [2.05, 4.69) is 4.74 Å². The van der Waals surface area contributed by atoms with Crippen molar-refractivity contribution in [1.82, 2.24) is 0 Å². The first-order valence-corrected chi connectivity index (χ1v) is 8.31. The Bertz CT molecular complexity index is 1030. The van der Waals surface area contributed by atoms with Gasteiger partial charge in [-0.05, 0) is 42.1 Å². The summed E-state index contributed by atoms with van der Waals surface area (Å²) in [5.74, 6) is -3.89. The molecule has 0 saturated heterocycles. The Morgan fingerprint density at radius 1 is 0.964 bits per heavy atom. The molecular formula is C21H15F5O2. The van der Waals surface area contributed by atoms with Gasteiger partial charge < -0.3 is 9.47 Å². The zero-order valence-electron chi connectivity index (χ0n) is 14.7. The van der Waals surface area contributed by atoms with Crippen molar-refractivity contribution in [3.05, 3.63) is 72.1 Å². The second kappa shape index (κ2) is 8.29. The minimum Gasteiger partial charge on any atom is -0.489 e. The fourth-order valence-electron chi connectivity index (χ4n) is 2.74. The number of ether oxygens (including phenoxy) is 2. The Balaban J connectivity index is 1.98. The number of hydrogen-bond donors (Lipinski definition) is 0. The van der Waals surface area contributed by atoms with Crippen molar-refractivity contribution < 1.29 is 31.4 Å². The number of allylic oxidation sites excluding steroid dienone is 1. The van der Waals surface area contributed by atoms with Crippen LogP contribution in [-0.4, -0.2) is 13.2 Å². The van der Waals surface area contributed by atoms with E-state index in [1.807, 2.05) is 6.92 Å². The van der Waals surface area contributed by atoms with Crippen molar-refractivity contribution in [2.75, 3.05) is 6.61 Å². The average molecular weight is 394 g/mol. The lowest BCUT2D eigenvalue weighted by molar-refractivity contribution is -0.0544. The number of benzene rings is 3. The van der Waals surface area contributed by atoms with Gasteiger partial charge >= 0.3 is 6.61 Å². The molecule has 146 valence electrons. The van der Waals surface area contributed by atoms with Gasteiger partial charge in [0.25, 0.3) is 0 Å². The predicted octanol–water partition coefficient (Wildman–Crippen LogP) is 6.48. The number of fused-ring (bicyclic) bond motifs is 1. The van der Waals surface area contributed by atoms with Gasteiger partial charge in [-0.2, -0.15) is 8.78 Å². The highest BCUT2D eigenvalue weighted by molar-refractivity contribution is 5.89. The first-order valence-electron chi connectivity index (χ1n) is 8.31. The van der Waals surface area contributed by atoms with Gasteiger partial charge in [0.15, 0.2) is 17.4 Å². The number of alkyl halides is 2. The van der Waals surface area contributed by atoms with Gasteiger partial charge in [0, 0.05) is 17.0 Å². The van der Waals surface area contributed by atoms with E-state index in [0.717, 1.165) is 6.07 Å². The Labute approximate surface area is 157 Å². The normalized spacial score (nSPS) is 11.5. The largest absolute Gasteiger partial charge is 0.489 e. The van der Waals surface area contributed by atoms with Crippen molar-refractivity contribution in [2.24, 2.45) is 0 Å². The molecule has 7 heteroatoms. The highest BCUT2D eigenvalue weighted by Crippen LogP contribution is 2.34. The fraction of sp³-hybridized carbons (Fsp3) is 0.143. The Kier molecular flexibility index (Phi) is 5.82. The van der Waals surface area contributed by atoms with Crippen LogP contribution in [0, 0.1) is 17.5 Å². The van der Waals surface area contributed by atoms with E-state index in [0.29, 0.717) is 17.9 Å². The predicted molar refractivity (Wildman–Crippen MR) is 96.2 cm³/mol. The maximum absolute atomic E-state index is 14.5. The van der Waals surface area contributed by atoms with Crippen LogP contribution in [-0.2, 0) is 0 Å². The van der Waals surface area contributed by atoms with E-state index in [1.165, 1.54) is 30.3 Å². The summed E-state index contributed by atoms with van der Waals surface area (Å²) in [7, 11) is 0. The van der Waals surface area contributed by atoms with E-state index in [1.54, 1.807) is 18.2 Å². The molecule has 0 amide bonds. The molecule has 0 fully saturated rings. The molecule has 0 spiro atoms. The standard InChI is InChI=1S/C21H15F5O2/c1-2-3-8-27-14-5-7-15(17(22)11-14)12-4-6-16-13(9-12)10-18(23)20(19(16)24)28-21(25)26/h2-7,9-11,21H,8H2,1H3. The molecule has 0 aromatic heterocycles. The average Bonchev–Trinajstić information content (AvgIpc) is 2.65. The van der Waals surface area contributed by atoms with E-state index >= 15 is 0 Å². The molecule has 3 aromatic rings. The van der Waals surface area contributed by atoms with Crippen LogP contribution in [0.4, 0.5) is 22.0 Å². The van der Waals surface area contributed by atoms with Crippen molar-refractivity contribution in [3.8, 4) is 22.6 Å². The molecule has 0 aliphatic carbocycles. The van der Waals surface area contributed by atoms with Gasteiger partial charge in [-0.3, -0.25) is 0 Å². The fourth-order valence-corrected chi connectivity index (χ4v) is 2.74. The Morgan fingerprint density at radius 2 is 1.75 bits per heavy atom. The van der Waals surface area contributed by atoms with Crippen LogP contribution in [0.3, 0.4) is 0 Å². The molecule has 0 N–H and O–H groups in total. The molecule has 0 heterocycles. The Hall–Kier alpha value is -3.09. The molecule has 0 aliphatic heterocycles. The zero-order valence-corrected chi connectivity index (χ0v) is 14.7. The second-order valence-electron chi connectivity index (χ2n) is 5.84. The van der Waals surface area contributed by atoms with Crippen LogP contribution in [0.2, 0.25) is 0 Å². The van der Waals surface area contributed by atoms with Gasteiger partial charge in [0.1, 0.15) is 18.2 Å². The highest BCUT2D eigenvalue weighted by Gasteiger charge is 2.19. The monoisotopic (exact) mass is 394 g/mol. The molecule has 0 saturated carbocycles. The maximum atomic E-state index is 14.5. The number of rotatable bonds is 6. The van der Waals surface area contributed by atoms with E-state index in [4.69, 9.17) is 4.74 Å². The van der Waals surface area contributed by atoms with Crippen LogP contribution < -0.4 is 9.47 Å². The zero-order chi connectivity index (χ0) is 20.3. The summed E-state index contributed by atoms with van der Waals surface area (Å²) in [4.78, 5) is 0. The smallest absolute Gasteiger partial charge is 0.387 e. The lowest BCUT2D eigenvalue weighted by atomic mass is 10.00. The minimum absolute atomic E-state index is 0.0851. The summed E-state index contributed by atoms with van der Waals surface area (Å²) in [6.07, 6.45) is 3.57. The van der Waals surface area contributed by atoms with Gasteiger partial charge in [-0.25, -0.2) is 13.2 Å². The van der Waals surface area contributed by atoms with Crippen molar-refractivity contribution >= 4 is 10.8 Å². The summed E-state index contributed by atoms with van der Waals surface area (Å²) < 4.78 is 76.7. The number of hydrogen-bond acceptors (Lipinski definition) is 2. The molecule has 3 rings (SSSR count). The lowest BCUT2D eigenvalue weighted by Gasteiger charge is -2.11. The summed E-state index contributed by atoms with van der Waals surface area (Å²) >= 11 is 0. The molecule has 0 radical (unpaired) electrons. The molecule has 28 heavy (non-hydrogen) atoms. The van der Waals surface area contributed by atoms with Crippen LogP contribution in [0.25, 0.3) is 21.9 Å². The Morgan fingerprint density at radius 3 is 2.43 bits per heavy atom. The third-order valence-electron chi connectivity index (χ3n) is 4.03. The summed E-state index contributed by atoms with van der Waals surface area (Å²) in [6.45, 7) is -1.23. The SMILES string of the molecule is CC=CCOc1ccc(-c2ccc3c(F)c(OC(F)F)c(F)cc3c2)c(F)c1. The van der Waals surface area contributed by atoms with Gasteiger partial charge in [-0.1, -0.05) is 24.3 Å². The molecule has 0 aliphatic rings. The minimum atomic E-state index is -3.36. The van der Waals surface area contributed by atoms with Crippen molar-refractivity contribution in [1.29, 1.82) is 0 Å². The van der Waals surface area contributed by atoms with E-state index in [-0.39, 0.29) is 16.3 Å². The number of halogens is 5. The third-order valence-corrected chi connectivity index (χ3v) is 4.03. The van der Waals surface area contributed by atoms with Gasteiger partial charge in [0.2, 0.25) is 0 Å². The quantitative estimate of drug-likeness (QED) is 0.352. The first kappa shape index (κ1) is 19.7. The van der Waals surface area contributed by atoms with Crippen LogP contribution >= 0.6 is 0 Å². The van der Waals surface area contributed by atoms with E-state index < -0.39 is 29.8 Å². The van der Waals surface area contributed by atoms with Crippen molar-refractivity contribution in [2.45, 2.75) is 13.5 Å².